The van der Waals surface area contributed by atoms with Gasteiger partial charge in [-0.3, -0.25) is 0 Å². The Labute approximate surface area is 411 Å². The van der Waals surface area contributed by atoms with Crippen LogP contribution in [0.3, 0.4) is 0 Å². The monoisotopic (exact) mass is 904 g/mol. The van der Waals surface area contributed by atoms with Crippen molar-refractivity contribution in [2.45, 2.75) is 32.4 Å². The fourth-order valence-electron chi connectivity index (χ4n) is 12.4. The molecule has 12 aromatic rings. The minimum Gasteiger partial charge on any atom is -0.0696 e. The molecule has 0 N–H and O–H groups in total. The van der Waals surface area contributed by atoms with Gasteiger partial charge in [0, 0.05) is 10.8 Å². The van der Waals surface area contributed by atoms with E-state index in [0.717, 1.165) is 5.39 Å². The molecule has 0 bridgehead atoms. The van der Waals surface area contributed by atoms with Crippen molar-refractivity contribution in [1.82, 2.24) is 0 Å². The van der Waals surface area contributed by atoms with Crippen LogP contribution >= 0.6 is 0 Å². The van der Waals surface area contributed by atoms with Crippen molar-refractivity contribution in [3.8, 4) is 77.9 Å². The summed E-state index contributed by atoms with van der Waals surface area (Å²) in [5.41, 5.74) is 20.4. The molecule has 0 nitrogen and oxygen atoms in total. The number of rotatable bonds is 5. The standard InChI is InChI=1S/C69H48Si/c1-69(2)63-25-11-9-23-55(63)56-33-31-52(40-64(56)69)51-32-34-58-60(39-51)68(54-22-14-20-48(38-54)50-30-28-44-16-6-8-18-46(44)36-50)62-42-66-59(57-24-10-12-26-65(57)70(66,3)4)41-61(62)67(58)53-21-13-19-47(37-53)49-29-27-43-15-5-7-17-45(43)35-49/h6-14,16-42H,1-4H3. The summed E-state index contributed by atoms with van der Waals surface area (Å²) in [6.45, 7) is 9.84. The van der Waals surface area contributed by atoms with Crippen LogP contribution in [0.25, 0.3) is 121 Å². The van der Waals surface area contributed by atoms with Crippen molar-refractivity contribution in [3.05, 3.63) is 242 Å². The lowest BCUT2D eigenvalue weighted by molar-refractivity contribution is 0.660. The van der Waals surface area contributed by atoms with Gasteiger partial charge in [0.05, 0.1) is 0 Å². The summed E-state index contributed by atoms with van der Waals surface area (Å²) < 4.78 is 0. The molecule has 0 aromatic heterocycles. The highest BCUT2D eigenvalue weighted by molar-refractivity contribution is 7.04. The van der Waals surface area contributed by atoms with E-state index >= 15 is 0 Å². The summed E-state index contributed by atoms with van der Waals surface area (Å²) in [6.07, 6.45) is 0. The molecule has 0 atom stereocenters. The van der Waals surface area contributed by atoms with Gasteiger partial charge in [0.25, 0.3) is 0 Å². The molecule has 0 saturated carbocycles. The highest BCUT2D eigenvalue weighted by atomic mass is 28.3. The molecule has 2 aliphatic rings. The Hall–Kier alpha value is -8.28. The molecule has 0 radical (unpaired) electrons. The van der Waals surface area contributed by atoms with Gasteiger partial charge in [0.2, 0.25) is 0 Å². The first kappa shape index (κ1) is 40.8. The fourth-order valence-corrected chi connectivity index (χ4v) is 15.5. The van der Waals surface area contributed by atoms with Crippen LogP contribution in [-0.2, 0) is 5.41 Å². The van der Waals surface area contributed by atoms with Crippen LogP contribution in [0.5, 0.6) is 0 Å². The van der Waals surface area contributed by atoms with Gasteiger partial charge in [0.1, 0.15) is 8.07 Å². The summed E-state index contributed by atoms with van der Waals surface area (Å²) in [7, 11) is -2.07. The second-order valence-corrected chi connectivity index (χ2v) is 25.0. The molecule has 1 heteroatoms. The average Bonchev–Trinajstić information content (AvgIpc) is 3.77. The van der Waals surface area contributed by atoms with Crippen molar-refractivity contribution >= 4 is 61.5 Å². The third-order valence-electron chi connectivity index (χ3n) is 16.1. The third-order valence-corrected chi connectivity index (χ3v) is 19.6. The van der Waals surface area contributed by atoms with Crippen molar-refractivity contribution < 1.29 is 0 Å². The Balaban J connectivity index is 1.07. The van der Waals surface area contributed by atoms with E-state index in [0.29, 0.717) is 0 Å². The molecule has 1 aliphatic heterocycles. The first-order chi connectivity index (χ1) is 34.2. The normalized spacial score (nSPS) is 13.8. The maximum Gasteiger partial charge on any atom is 0.113 e. The van der Waals surface area contributed by atoms with Gasteiger partial charge in [-0.2, -0.15) is 0 Å². The smallest absolute Gasteiger partial charge is 0.0696 e. The molecule has 0 saturated heterocycles. The van der Waals surface area contributed by atoms with Crippen LogP contribution < -0.4 is 10.4 Å². The third kappa shape index (κ3) is 6.10. The second kappa shape index (κ2) is 15.1. The molecule has 1 aliphatic carbocycles. The molecule has 0 amide bonds. The summed E-state index contributed by atoms with van der Waals surface area (Å²) >= 11 is 0. The van der Waals surface area contributed by atoms with Gasteiger partial charge in [0.15, 0.2) is 0 Å². The second-order valence-electron chi connectivity index (χ2n) is 20.7. The molecule has 0 fully saturated rings. The summed E-state index contributed by atoms with van der Waals surface area (Å²) in [4.78, 5) is 0. The minimum absolute atomic E-state index is 0.0993. The van der Waals surface area contributed by atoms with Gasteiger partial charge in [-0.15, -0.1) is 0 Å². The van der Waals surface area contributed by atoms with Crippen LogP contribution in [0.4, 0.5) is 0 Å². The van der Waals surface area contributed by atoms with E-state index in [1.165, 1.54) is 137 Å². The number of hydrogen-bond acceptors (Lipinski definition) is 0. The first-order valence-corrected chi connectivity index (χ1v) is 27.6. The molecular weight excluding hydrogens is 857 g/mol. The van der Waals surface area contributed by atoms with Gasteiger partial charge >= 0.3 is 0 Å². The predicted octanol–water partition coefficient (Wildman–Crippen LogP) is 17.3. The van der Waals surface area contributed by atoms with Crippen LogP contribution in [-0.4, -0.2) is 8.07 Å². The van der Waals surface area contributed by atoms with E-state index in [9.17, 15) is 0 Å². The molecule has 0 unspecified atom stereocenters. The Morgan fingerprint density at radius 3 is 1.73 bits per heavy atom. The van der Waals surface area contributed by atoms with Crippen LogP contribution in [0.2, 0.25) is 13.1 Å². The zero-order valence-electron chi connectivity index (χ0n) is 39.8. The molecular formula is C69H48Si. The highest BCUT2D eigenvalue weighted by Crippen LogP contribution is 2.51. The zero-order chi connectivity index (χ0) is 46.9. The Bertz CT molecular complexity index is 4180. The Kier molecular flexibility index (Phi) is 8.80. The molecule has 0 spiro atoms. The van der Waals surface area contributed by atoms with E-state index in [2.05, 4.69) is 251 Å². The highest BCUT2D eigenvalue weighted by Gasteiger charge is 2.38. The summed E-state index contributed by atoms with van der Waals surface area (Å²) in [6, 6.07) is 89.2. The lowest BCUT2D eigenvalue weighted by Crippen LogP contribution is -2.49. The SMILES string of the molecule is CC1(C)c2ccccc2-c2ccc(-c3ccc4c(-c5cccc(-c6ccc7c#cccc7c6)c5)c5cc6c(cc5c(-c5cccc(-c7ccc8ccccc8c7)c5)c4c3)[Si](C)(C)c3ccccc3-6)cc21. The molecule has 14 rings (SSSR count). The number of hydrogen-bond donors (Lipinski definition) is 0. The lowest BCUT2D eigenvalue weighted by atomic mass is 9.81. The van der Waals surface area contributed by atoms with Gasteiger partial charge in [-0.05, 0) is 198 Å². The molecule has 1 heterocycles. The van der Waals surface area contributed by atoms with E-state index < -0.39 is 8.07 Å². The minimum atomic E-state index is -2.07. The number of fused-ring (bicyclic) bond motifs is 10. The van der Waals surface area contributed by atoms with Crippen molar-refractivity contribution in [1.29, 1.82) is 0 Å². The number of benzene rings is 11. The predicted molar refractivity (Wildman–Crippen MR) is 301 cm³/mol. The van der Waals surface area contributed by atoms with Gasteiger partial charge in [-0.25, -0.2) is 0 Å². The summed E-state index contributed by atoms with van der Waals surface area (Å²) in [5, 5.41) is 12.9. The van der Waals surface area contributed by atoms with Crippen molar-refractivity contribution in [2.75, 3.05) is 0 Å². The first-order valence-electron chi connectivity index (χ1n) is 24.6. The molecule has 70 heavy (non-hydrogen) atoms. The topological polar surface area (TPSA) is 0 Å². The maximum atomic E-state index is 3.29. The van der Waals surface area contributed by atoms with Crippen LogP contribution in [0, 0.1) is 12.1 Å². The summed E-state index contributed by atoms with van der Waals surface area (Å²) in [5.74, 6) is 0. The van der Waals surface area contributed by atoms with E-state index in [4.69, 9.17) is 0 Å². The molecule has 328 valence electrons. The van der Waals surface area contributed by atoms with E-state index in [-0.39, 0.29) is 5.41 Å². The zero-order valence-corrected chi connectivity index (χ0v) is 40.8. The largest absolute Gasteiger partial charge is 0.113 e. The Morgan fingerprint density at radius 2 is 0.914 bits per heavy atom. The van der Waals surface area contributed by atoms with Gasteiger partial charge < -0.3 is 0 Å². The maximum absolute atomic E-state index is 3.29. The Morgan fingerprint density at radius 1 is 0.343 bits per heavy atom. The van der Waals surface area contributed by atoms with Crippen molar-refractivity contribution in [3.63, 3.8) is 0 Å². The fraction of sp³-hybridized carbons (Fsp3) is 0.0725. The van der Waals surface area contributed by atoms with Crippen LogP contribution in [0.15, 0.2) is 218 Å². The van der Waals surface area contributed by atoms with E-state index in [1.807, 2.05) is 6.07 Å². The van der Waals surface area contributed by atoms with Crippen LogP contribution in [0.1, 0.15) is 25.0 Å². The average molecular weight is 905 g/mol. The molecule has 12 aromatic carbocycles. The van der Waals surface area contributed by atoms with Gasteiger partial charge in [-0.1, -0.05) is 197 Å². The lowest BCUT2D eigenvalue weighted by Gasteiger charge is -2.23. The quantitative estimate of drug-likeness (QED) is 0.119. The van der Waals surface area contributed by atoms with Crippen molar-refractivity contribution in [2.24, 2.45) is 0 Å². The van der Waals surface area contributed by atoms with E-state index in [1.54, 1.807) is 0 Å².